The lowest BCUT2D eigenvalue weighted by molar-refractivity contribution is 0.249. The summed E-state index contributed by atoms with van der Waals surface area (Å²) >= 11 is 7.36. The molecule has 24 heavy (non-hydrogen) atoms. The minimum absolute atomic E-state index is 0.408. The number of benzene rings is 1. The first kappa shape index (κ1) is 17.4. The quantitative estimate of drug-likeness (QED) is 0.769. The van der Waals surface area contributed by atoms with Crippen molar-refractivity contribution in [2.24, 2.45) is 0 Å². The first-order valence-electron chi connectivity index (χ1n) is 8.53. The minimum atomic E-state index is 0.408. The highest BCUT2D eigenvalue weighted by atomic mass is 32.1. The SMILES string of the molecule is Cc1ccc(C)c(NC(=S)NC[C@@H](c2cccs2)N2CCCC2)c1. The first-order valence-corrected chi connectivity index (χ1v) is 9.82. The predicted octanol–water partition coefficient (Wildman–Crippen LogP) is 4.49. The van der Waals surface area contributed by atoms with Crippen molar-refractivity contribution in [2.75, 3.05) is 25.0 Å². The third-order valence-electron chi connectivity index (χ3n) is 4.55. The van der Waals surface area contributed by atoms with Crippen LogP contribution in [0.5, 0.6) is 0 Å². The zero-order valence-corrected chi connectivity index (χ0v) is 16.0. The third-order valence-corrected chi connectivity index (χ3v) is 5.77. The van der Waals surface area contributed by atoms with Gasteiger partial charge in [0.25, 0.3) is 0 Å². The van der Waals surface area contributed by atoms with E-state index in [0.717, 1.165) is 12.2 Å². The molecule has 1 saturated heterocycles. The van der Waals surface area contributed by atoms with Crippen LogP contribution in [0.25, 0.3) is 0 Å². The van der Waals surface area contributed by atoms with Gasteiger partial charge in [0.15, 0.2) is 5.11 Å². The van der Waals surface area contributed by atoms with E-state index < -0.39 is 0 Å². The molecule has 0 spiro atoms. The fourth-order valence-electron chi connectivity index (χ4n) is 3.17. The van der Waals surface area contributed by atoms with E-state index in [2.05, 4.69) is 65.1 Å². The Balaban J connectivity index is 1.61. The molecule has 1 atom stereocenters. The van der Waals surface area contributed by atoms with Crippen molar-refractivity contribution in [3.63, 3.8) is 0 Å². The Kier molecular flexibility index (Phi) is 5.87. The lowest BCUT2D eigenvalue weighted by Crippen LogP contribution is -2.38. The van der Waals surface area contributed by atoms with Crippen LogP contribution >= 0.6 is 23.6 Å². The van der Waals surface area contributed by atoms with Gasteiger partial charge in [-0.2, -0.15) is 0 Å². The Bertz CT molecular complexity index is 676. The molecule has 2 heterocycles. The molecular weight excluding hydrogens is 334 g/mol. The number of thiophene rings is 1. The van der Waals surface area contributed by atoms with E-state index in [-0.39, 0.29) is 0 Å². The van der Waals surface area contributed by atoms with Crippen molar-refractivity contribution in [3.05, 3.63) is 51.7 Å². The fraction of sp³-hybridized carbons (Fsp3) is 0.421. The monoisotopic (exact) mass is 359 g/mol. The van der Waals surface area contributed by atoms with E-state index in [1.165, 1.54) is 41.9 Å². The Morgan fingerprint density at radius 1 is 1.25 bits per heavy atom. The summed E-state index contributed by atoms with van der Waals surface area (Å²) in [5.74, 6) is 0. The molecule has 0 amide bonds. The molecule has 3 nitrogen and oxygen atoms in total. The van der Waals surface area contributed by atoms with Crippen molar-refractivity contribution in [3.8, 4) is 0 Å². The number of hydrogen-bond acceptors (Lipinski definition) is 3. The second kappa shape index (κ2) is 8.10. The number of likely N-dealkylation sites (tertiary alicyclic amines) is 1. The molecule has 3 rings (SSSR count). The van der Waals surface area contributed by atoms with Gasteiger partial charge >= 0.3 is 0 Å². The van der Waals surface area contributed by atoms with Crippen LogP contribution in [0.3, 0.4) is 0 Å². The van der Waals surface area contributed by atoms with Crippen LogP contribution in [0.4, 0.5) is 5.69 Å². The maximum Gasteiger partial charge on any atom is 0.170 e. The molecule has 0 unspecified atom stereocenters. The summed E-state index contributed by atoms with van der Waals surface area (Å²) in [5, 5.41) is 9.63. The first-order chi connectivity index (χ1) is 11.6. The molecule has 0 aliphatic carbocycles. The van der Waals surface area contributed by atoms with Crippen molar-refractivity contribution in [1.82, 2.24) is 10.2 Å². The summed E-state index contributed by atoms with van der Waals surface area (Å²) in [6, 6.07) is 11.2. The number of thiocarbonyl (C=S) groups is 1. The summed E-state index contributed by atoms with van der Waals surface area (Å²) < 4.78 is 0. The smallest absolute Gasteiger partial charge is 0.170 e. The predicted molar refractivity (Wildman–Crippen MR) is 108 cm³/mol. The van der Waals surface area contributed by atoms with Crippen LogP contribution in [0.2, 0.25) is 0 Å². The van der Waals surface area contributed by atoms with Crippen LogP contribution in [0.1, 0.15) is 34.9 Å². The standard InChI is InChI=1S/C19H25N3S2/c1-14-7-8-15(2)16(12-14)21-19(23)20-13-17(18-6-5-11-24-18)22-9-3-4-10-22/h5-8,11-12,17H,3-4,9-10,13H2,1-2H3,(H2,20,21,23)/t17-/m0/s1. The van der Waals surface area contributed by atoms with Gasteiger partial charge in [-0.1, -0.05) is 18.2 Å². The van der Waals surface area contributed by atoms with Crippen molar-refractivity contribution in [1.29, 1.82) is 0 Å². The summed E-state index contributed by atoms with van der Waals surface area (Å²) in [4.78, 5) is 3.98. The highest BCUT2D eigenvalue weighted by Crippen LogP contribution is 2.27. The molecule has 0 bridgehead atoms. The maximum absolute atomic E-state index is 5.52. The molecule has 1 aliphatic heterocycles. The number of nitrogens with one attached hydrogen (secondary N) is 2. The minimum Gasteiger partial charge on any atom is -0.360 e. The molecule has 1 aromatic heterocycles. The highest BCUT2D eigenvalue weighted by Gasteiger charge is 2.24. The third kappa shape index (κ3) is 4.35. The summed E-state index contributed by atoms with van der Waals surface area (Å²) in [6.45, 7) is 7.41. The summed E-state index contributed by atoms with van der Waals surface area (Å²) in [6.07, 6.45) is 2.60. The maximum atomic E-state index is 5.52. The Morgan fingerprint density at radius 2 is 2.04 bits per heavy atom. The van der Waals surface area contributed by atoms with Gasteiger partial charge in [-0.05, 0) is 80.6 Å². The van der Waals surface area contributed by atoms with Crippen molar-refractivity contribution in [2.45, 2.75) is 32.7 Å². The normalized spacial score (nSPS) is 16.1. The van der Waals surface area contributed by atoms with Crippen LogP contribution in [-0.4, -0.2) is 29.6 Å². The number of rotatable bonds is 5. The topological polar surface area (TPSA) is 27.3 Å². The average molecular weight is 360 g/mol. The van der Waals surface area contributed by atoms with Gasteiger partial charge in [0, 0.05) is 17.1 Å². The molecule has 1 aromatic carbocycles. The van der Waals surface area contributed by atoms with E-state index in [1.807, 2.05) is 11.3 Å². The molecule has 2 N–H and O–H groups in total. The number of hydrogen-bond donors (Lipinski definition) is 2. The fourth-order valence-corrected chi connectivity index (χ4v) is 4.22. The van der Waals surface area contributed by atoms with Gasteiger partial charge in [-0.25, -0.2) is 0 Å². The van der Waals surface area contributed by atoms with E-state index in [1.54, 1.807) is 0 Å². The van der Waals surface area contributed by atoms with Gasteiger partial charge in [-0.15, -0.1) is 11.3 Å². The largest absolute Gasteiger partial charge is 0.360 e. The molecule has 0 radical (unpaired) electrons. The van der Waals surface area contributed by atoms with Gasteiger partial charge in [0.05, 0.1) is 6.04 Å². The number of anilines is 1. The Hall–Kier alpha value is -1.43. The molecular formula is C19H25N3S2. The van der Waals surface area contributed by atoms with Crippen molar-refractivity contribution >= 4 is 34.4 Å². The van der Waals surface area contributed by atoms with E-state index >= 15 is 0 Å². The van der Waals surface area contributed by atoms with Gasteiger partial charge in [0.2, 0.25) is 0 Å². The Morgan fingerprint density at radius 3 is 2.75 bits per heavy atom. The van der Waals surface area contributed by atoms with E-state index in [9.17, 15) is 0 Å². The second-order valence-corrected chi connectivity index (χ2v) is 7.82. The van der Waals surface area contributed by atoms with Gasteiger partial charge in [0.1, 0.15) is 0 Å². The molecule has 1 fully saturated rings. The average Bonchev–Trinajstić information content (AvgIpc) is 3.25. The lowest BCUT2D eigenvalue weighted by Gasteiger charge is -2.27. The number of aryl methyl sites for hydroxylation is 2. The summed E-state index contributed by atoms with van der Waals surface area (Å²) in [5.41, 5.74) is 3.53. The molecule has 2 aromatic rings. The Labute approximate surface area is 154 Å². The van der Waals surface area contributed by atoms with Crippen LogP contribution in [-0.2, 0) is 0 Å². The molecule has 5 heteroatoms. The van der Waals surface area contributed by atoms with Crippen molar-refractivity contribution < 1.29 is 0 Å². The highest BCUT2D eigenvalue weighted by molar-refractivity contribution is 7.80. The molecule has 0 saturated carbocycles. The van der Waals surface area contributed by atoms with Crippen LogP contribution < -0.4 is 10.6 Å². The van der Waals surface area contributed by atoms with Crippen LogP contribution in [0.15, 0.2) is 35.7 Å². The van der Waals surface area contributed by atoms with Gasteiger partial charge in [-0.3, -0.25) is 4.90 Å². The zero-order valence-electron chi connectivity index (χ0n) is 14.3. The van der Waals surface area contributed by atoms with Gasteiger partial charge < -0.3 is 10.6 Å². The van der Waals surface area contributed by atoms with E-state index in [4.69, 9.17) is 12.2 Å². The lowest BCUT2D eigenvalue weighted by atomic mass is 10.1. The number of nitrogens with zero attached hydrogens (tertiary/aromatic N) is 1. The second-order valence-electron chi connectivity index (χ2n) is 6.43. The molecule has 128 valence electrons. The van der Waals surface area contributed by atoms with E-state index in [0.29, 0.717) is 11.2 Å². The summed E-state index contributed by atoms with van der Waals surface area (Å²) in [7, 11) is 0. The zero-order chi connectivity index (χ0) is 16.9. The van der Waals surface area contributed by atoms with Crippen LogP contribution in [0, 0.1) is 13.8 Å². The molecule has 1 aliphatic rings.